The second-order valence-corrected chi connectivity index (χ2v) is 5.29. The summed E-state index contributed by atoms with van der Waals surface area (Å²) in [5.74, 6) is 1.03. The fourth-order valence-electron chi connectivity index (χ4n) is 2.33. The molecule has 0 unspecified atom stereocenters. The summed E-state index contributed by atoms with van der Waals surface area (Å²) in [5, 5.41) is 3.32. The predicted octanol–water partition coefficient (Wildman–Crippen LogP) is 3.14. The third-order valence-corrected chi connectivity index (χ3v) is 3.94. The Balaban J connectivity index is 2.20. The van der Waals surface area contributed by atoms with Gasteiger partial charge in [-0.1, -0.05) is 0 Å². The Hall–Kier alpha value is -0.610. The fourth-order valence-corrected chi connectivity index (χ4v) is 2.70. The number of ether oxygens (including phenoxy) is 1. The minimum atomic E-state index is -0.178. The Morgan fingerprint density at radius 3 is 2.76 bits per heavy atom. The molecule has 0 spiro atoms. The van der Waals surface area contributed by atoms with Gasteiger partial charge in [-0.2, -0.15) is 0 Å². The number of hydrogen-bond acceptors (Lipinski definition) is 2. The molecule has 1 heterocycles. The highest BCUT2D eigenvalue weighted by atomic mass is 79.9. The van der Waals surface area contributed by atoms with Crippen LogP contribution in [0.2, 0.25) is 0 Å². The largest absolute Gasteiger partial charge is 0.496 e. The summed E-state index contributed by atoms with van der Waals surface area (Å²) < 4.78 is 19.8. The standard InChI is InChI=1S/C13H17BrFNO/c1-17-12-3-2-11(14)13(15)10(12)8-9-4-6-16-7-5-9/h2-3,9,16H,4-8H2,1H3. The van der Waals surface area contributed by atoms with Gasteiger partial charge in [0.2, 0.25) is 0 Å². The van der Waals surface area contributed by atoms with E-state index in [1.54, 1.807) is 13.2 Å². The van der Waals surface area contributed by atoms with Crippen LogP contribution in [0.25, 0.3) is 0 Å². The topological polar surface area (TPSA) is 21.3 Å². The van der Waals surface area contributed by atoms with Crippen LogP contribution in [-0.4, -0.2) is 20.2 Å². The first-order valence-corrected chi connectivity index (χ1v) is 6.73. The Labute approximate surface area is 110 Å². The molecule has 0 atom stereocenters. The summed E-state index contributed by atoms with van der Waals surface area (Å²) >= 11 is 3.23. The molecular weight excluding hydrogens is 285 g/mol. The lowest BCUT2D eigenvalue weighted by Gasteiger charge is -2.23. The molecule has 4 heteroatoms. The number of hydrogen-bond donors (Lipinski definition) is 1. The van der Waals surface area contributed by atoms with E-state index in [1.165, 1.54) is 0 Å². The van der Waals surface area contributed by atoms with Crippen molar-refractivity contribution in [1.82, 2.24) is 5.32 Å². The molecule has 1 aromatic rings. The van der Waals surface area contributed by atoms with Crippen molar-refractivity contribution >= 4 is 15.9 Å². The zero-order valence-corrected chi connectivity index (χ0v) is 11.5. The predicted molar refractivity (Wildman–Crippen MR) is 69.9 cm³/mol. The van der Waals surface area contributed by atoms with Gasteiger partial charge in [0.1, 0.15) is 11.6 Å². The van der Waals surface area contributed by atoms with E-state index in [0.29, 0.717) is 21.7 Å². The average molecular weight is 302 g/mol. The maximum Gasteiger partial charge on any atom is 0.144 e. The van der Waals surface area contributed by atoms with Crippen LogP contribution in [0.3, 0.4) is 0 Å². The van der Waals surface area contributed by atoms with E-state index >= 15 is 0 Å². The summed E-state index contributed by atoms with van der Waals surface area (Å²) in [6.07, 6.45) is 2.97. The Bertz CT molecular complexity index is 391. The van der Waals surface area contributed by atoms with E-state index in [4.69, 9.17) is 4.74 Å². The lowest BCUT2D eigenvalue weighted by Crippen LogP contribution is -2.28. The lowest BCUT2D eigenvalue weighted by molar-refractivity contribution is 0.354. The molecule has 1 saturated heterocycles. The Morgan fingerprint density at radius 2 is 2.12 bits per heavy atom. The van der Waals surface area contributed by atoms with Crippen molar-refractivity contribution in [2.24, 2.45) is 5.92 Å². The van der Waals surface area contributed by atoms with Gasteiger partial charge in [-0.05, 0) is 66.3 Å². The highest BCUT2D eigenvalue weighted by Crippen LogP contribution is 2.31. The van der Waals surface area contributed by atoms with Crippen LogP contribution in [0, 0.1) is 11.7 Å². The van der Waals surface area contributed by atoms with Crippen molar-refractivity contribution in [2.75, 3.05) is 20.2 Å². The van der Waals surface area contributed by atoms with E-state index in [1.807, 2.05) is 6.07 Å². The van der Waals surface area contributed by atoms with Gasteiger partial charge in [-0.15, -0.1) is 0 Å². The number of halogens is 2. The molecule has 1 aliphatic rings. The molecule has 0 aromatic heterocycles. The molecule has 0 bridgehead atoms. The van der Waals surface area contributed by atoms with Gasteiger partial charge in [0.05, 0.1) is 11.6 Å². The van der Waals surface area contributed by atoms with Crippen molar-refractivity contribution < 1.29 is 9.13 Å². The molecule has 1 aliphatic heterocycles. The molecule has 1 fully saturated rings. The maximum absolute atomic E-state index is 14.1. The molecule has 0 radical (unpaired) electrons. The summed E-state index contributed by atoms with van der Waals surface area (Å²) in [6.45, 7) is 2.06. The molecule has 2 rings (SSSR count). The normalized spacial score (nSPS) is 17.1. The van der Waals surface area contributed by atoms with E-state index in [9.17, 15) is 4.39 Å². The molecule has 0 saturated carbocycles. The first-order chi connectivity index (χ1) is 8.22. The van der Waals surface area contributed by atoms with Crippen LogP contribution in [0.4, 0.5) is 4.39 Å². The summed E-state index contributed by atoms with van der Waals surface area (Å²) in [6, 6.07) is 3.52. The van der Waals surface area contributed by atoms with Crippen LogP contribution in [0.15, 0.2) is 16.6 Å². The fraction of sp³-hybridized carbons (Fsp3) is 0.538. The number of benzene rings is 1. The average Bonchev–Trinajstić information content (AvgIpc) is 2.37. The van der Waals surface area contributed by atoms with Gasteiger partial charge in [-0.25, -0.2) is 4.39 Å². The molecular formula is C13H17BrFNO. The molecule has 94 valence electrons. The SMILES string of the molecule is COc1ccc(Br)c(F)c1CC1CCNCC1. The first kappa shape index (κ1) is 12.8. The Kier molecular flexibility index (Phi) is 4.40. The second-order valence-electron chi connectivity index (χ2n) is 4.44. The number of piperidine rings is 1. The molecule has 1 aromatic carbocycles. The maximum atomic E-state index is 14.1. The summed E-state index contributed by atoms with van der Waals surface area (Å²) in [7, 11) is 1.59. The van der Waals surface area contributed by atoms with Gasteiger partial charge >= 0.3 is 0 Å². The monoisotopic (exact) mass is 301 g/mol. The van der Waals surface area contributed by atoms with Crippen molar-refractivity contribution in [3.05, 3.63) is 28.0 Å². The highest BCUT2D eigenvalue weighted by Gasteiger charge is 2.19. The van der Waals surface area contributed by atoms with Crippen LogP contribution >= 0.6 is 15.9 Å². The van der Waals surface area contributed by atoms with E-state index < -0.39 is 0 Å². The zero-order valence-electron chi connectivity index (χ0n) is 9.93. The zero-order chi connectivity index (χ0) is 12.3. The number of methoxy groups -OCH3 is 1. The molecule has 0 amide bonds. The van der Waals surface area contributed by atoms with Gasteiger partial charge < -0.3 is 10.1 Å². The quantitative estimate of drug-likeness (QED) is 0.926. The highest BCUT2D eigenvalue weighted by molar-refractivity contribution is 9.10. The van der Waals surface area contributed by atoms with Crippen LogP contribution in [0.1, 0.15) is 18.4 Å². The molecule has 2 nitrogen and oxygen atoms in total. The van der Waals surface area contributed by atoms with E-state index in [2.05, 4.69) is 21.2 Å². The minimum Gasteiger partial charge on any atom is -0.496 e. The third-order valence-electron chi connectivity index (χ3n) is 3.32. The number of nitrogens with one attached hydrogen (secondary N) is 1. The molecule has 17 heavy (non-hydrogen) atoms. The van der Waals surface area contributed by atoms with Crippen LogP contribution < -0.4 is 10.1 Å². The summed E-state index contributed by atoms with van der Waals surface area (Å²) in [5.41, 5.74) is 0.703. The van der Waals surface area contributed by atoms with Crippen molar-refractivity contribution in [1.29, 1.82) is 0 Å². The van der Waals surface area contributed by atoms with E-state index in [0.717, 1.165) is 32.4 Å². The lowest BCUT2D eigenvalue weighted by atomic mass is 9.90. The van der Waals surface area contributed by atoms with Crippen LogP contribution in [-0.2, 0) is 6.42 Å². The van der Waals surface area contributed by atoms with Gasteiger partial charge in [0, 0.05) is 5.56 Å². The minimum absolute atomic E-state index is 0.178. The van der Waals surface area contributed by atoms with Gasteiger partial charge in [-0.3, -0.25) is 0 Å². The van der Waals surface area contributed by atoms with Crippen molar-refractivity contribution in [2.45, 2.75) is 19.3 Å². The smallest absolute Gasteiger partial charge is 0.144 e. The van der Waals surface area contributed by atoms with Gasteiger partial charge in [0.25, 0.3) is 0 Å². The first-order valence-electron chi connectivity index (χ1n) is 5.94. The van der Waals surface area contributed by atoms with Crippen molar-refractivity contribution in [3.63, 3.8) is 0 Å². The second kappa shape index (κ2) is 5.83. The summed E-state index contributed by atoms with van der Waals surface area (Å²) in [4.78, 5) is 0. The Morgan fingerprint density at radius 1 is 1.41 bits per heavy atom. The van der Waals surface area contributed by atoms with Crippen molar-refractivity contribution in [3.8, 4) is 5.75 Å². The third kappa shape index (κ3) is 2.99. The van der Waals surface area contributed by atoms with Gasteiger partial charge in [0.15, 0.2) is 0 Å². The number of rotatable bonds is 3. The van der Waals surface area contributed by atoms with E-state index in [-0.39, 0.29) is 5.82 Å². The van der Waals surface area contributed by atoms with Crippen LogP contribution in [0.5, 0.6) is 5.75 Å². The molecule has 0 aliphatic carbocycles. The molecule has 1 N–H and O–H groups in total.